The van der Waals surface area contributed by atoms with Crippen molar-refractivity contribution in [2.75, 3.05) is 5.75 Å². The normalized spacial score (nSPS) is 9.60. The topological polar surface area (TPSA) is 61.1 Å². The third kappa shape index (κ3) is 3.60. The van der Waals surface area contributed by atoms with Crippen molar-refractivity contribution in [3.05, 3.63) is 35.1 Å². The van der Waals surface area contributed by atoms with Crippen molar-refractivity contribution >= 4 is 17.7 Å². The van der Waals surface area contributed by atoms with Gasteiger partial charge >= 0.3 is 5.97 Å². The second-order valence-corrected chi connectivity index (χ2v) is 3.79. The molecule has 1 aromatic carbocycles. The molecule has 1 N–H and O–H groups in total. The SMILES string of the molecule is N#Cc1ccc(CSCC(=O)O)c(F)c1. The number of carboxylic acids is 1. The van der Waals surface area contributed by atoms with Gasteiger partial charge in [-0.2, -0.15) is 5.26 Å². The lowest BCUT2D eigenvalue weighted by Crippen LogP contribution is -1.99. The Labute approximate surface area is 90.5 Å². The van der Waals surface area contributed by atoms with Gasteiger partial charge in [0.05, 0.1) is 17.4 Å². The van der Waals surface area contributed by atoms with Gasteiger partial charge in [-0.15, -0.1) is 11.8 Å². The minimum atomic E-state index is -0.922. The first kappa shape index (κ1) is 11.5. The number of thioether (sulfide) groups is 1. The summed E-state index contributed by atoms with van der Waals surface area (Å²) in [7, 11) is 0. The van der Waals surface area contributed by atoms with E-state index in [1.54, 1.807) is 0 Å². The van der Waals surface area contributed by atoms with Gasteiger partial charge in [0.1, 0.15) is 5.82 Å². The van der Waals surface area contributed by atoms with Crippen LogP contribution in [0.1, 0.15) is 11.1 Å². The maximum Gasteiger partial charge on any atom is 0.313 e. The van der Waals surface area contributed by atoms with Crippen LogP contribution in [0.3, 0.4) is 0 Å². The van der Waals surface area contributed by atoms with Crippen molar-refractivity contribution in [2.24, 2.45) is 0 Å². The van der Waals surface area contributed by atoms with Crippen LogP contribution >= 0.6 is 11.8 Å². The number of aliphatic carboxylic acids is 1. The van der Waals surface area contributed by atoms with Gasteiger partial charge in [-0.1, -0.05) is 6.07 Å². The van der Waals surface area contributed by atoms with Gasteiger partial charge in [-0.05, 0) is 17.7 Å². The summed E-state index contributed by atoms with van der Waals surface area (Å²) >= 11 is 1.12. The van der Waals surface area contributed by atoms with E-state index in [1.807, 2.05) is 6.07 Å². The van der Waals surface area contributed by atoms with Crippen LogP contribution in [0.2, 0.25) is 0 Å². The fourth-order valence-corrected chi connectivity index (χ4v) is 1.71. The molecule has 78 valence electrons. The second-order valence-electron chi connectivity index (χ2n) is 2.80. The van der Waals surface area contributed by atoms with Crippen LogP contribution in [0.5, 0.6) is 0 Å². The molecule has 1 aromatic rings. The molecule has 0 aromatic heterocycles. The van der Waals surface area contributed by atoms with Crippen molar-refractivity contribution in [1.29, 1.82) is 5.26 Å². The van der Waals surface area contributed by atoms with Crippen molar-refractivity contribution in [3.8, 4) is 6.07 Å². The Morgan fingerprint density at radius 2 is 2.33 bits per heavy atom. The third-order valence-corrected chi connectivity index (χ3v) is 2.63. The van der Waals surface area contributed by atoms with Crippen LogP contribution in [0.4, 0.5) is 4.39 Å². The summed E-state index contributed by atoms with van der Waals surface area (Å²) in [5.74, 6) is -1.15. The smallest absolute Gasteiger partial charge is 0.313 e. The summed E-state index contributed by atoms with van der Waals surface area (Å²) in [5.41, 5.74) is 0.680. The third-order valence-electron chi connectivity index (χ3n) is 1.67. The Balaban J connectivity index is 2.63. The molecule has 5 heteroatoms. The minimum Gasteiger partial charge on any atom is -0.481 e. The van der Waals surface area contributed by atoms with Crippen LogP contribution in [0.25, 0.3) is 0 Å². The number of nitriles is 1. The molecule has 15 heavy (non-hydrogen) atoms. The van der Waals surface area contributed by atoms with Gasteiger partial charge in [0.2, 0.25) is 0 Å². The van der Waals surface area contributed by atoms with Gasteiger partial charge in [0.25, 0.3) is 0 Å². The monoisotopic (exact) mass is 225 g/mol. The van der Waals surface area contributed by atoms with E-state index in [-0.39, 0.29) is 11.3 Å². The number of hydrogen-bond acceptors (Lipinski definition) is 3. The van der Waals surface area contributed by atoms with E-state index in [0.717, 1.165) is 17.8 Å². The van der Waals surface area contributed by atoms with E-state index in [4.69, 9.17) is 10.4 Å². The zero-order chi connectivity index (χ0) is 11.3. The molecule has 0 bridgehead atoms. The number of benzene rings is 1. The Bertz CT molecular complexity index is 414. The van der Waals surface area contributed by atoms with Gasteiger partial charge < -0.3 is 5.11 Å². The zero-order valence-corrected chi connectivity index (χ0v) is 8.55. The molecule has 3 nitrogen and oxygen atoms in total. The van der Waals surface area contributed by atoms with Gasteiger partial charge in [0.15, 0.2) is 0 Å². The lowest BCUT2D eigenvalue weighted by Gasteiger charge is -2.01. The second kappa shape index (κ2) is 5.37. The standard InChI is InChI=1S/C10H8FNO2S/c11-9-3-7(4-12)1-2-8(9)5-15-6-10(13)14/h1-3H,5-6H2,(H,13,14). The van der Waals surface area contributed by atoms with Crippen molar-refractivity contribution in [1.82, 2.24) is 0 Å². The average Bonchev–Trinajstić information content (AvgIpc) is 2.20. The summed E-state index contributed by atoms with van der Waals surface area (Å²) in [4.78, 5) is 10.2. The van der Waals surface area contributed by atoms with E-state index in [9.17, 15) is 9.18 Å². The Morgan fingerprint density at radius 1 is 1.60 bits per heavy atom. The highest BCUT2D eigenvalue weighted by atomic mass is 32.2. The van der Waals surface area contributed by atoms with Gasteiger partial charge in [-0.3, -0.25) is 4.79 Å². The molecule has 0 heterocycles. The number of hydrogen-bond donors (Lipinski definition) is 1. The lowest BCUT2D eigenvalue weighted by molar-refractivity contribution is -0.133. The summed E-state index contributed by atoms with van der Waals surface area (Å²) in [5, 5.41) is 16.9. The number of carbonyl (C=O) groups is 1. The summed E-state index contributed by atoms with van der Waals surface area (Å²) < 4.78 is 13.2. The molecule has 0 aliphatic heterocycles. The Morgan fingerprint density at radius 3 is 2.87 bits per heavy atom. The number of rotatable bonds is 4. The fraction of sp³-hybridized carbons (Fsp3) is 0.200. The van der Waals surface area contributed by atoms with Crippen molar-refractivity contribution < 1.29 is 14.3 Å². The maximum atomic E-state index is 13.2. The van der Waals surface area contributed by atoms with Crippen molar-refractivity contribution in [3.63, 3.8) is 0 Å². The van der Waals surface area contributed by atoms with Crippen LogP contribution in [-0.2, 0) is 10.5 Å². The molecule has 0 fully saturated rings. The summed E-state index contributed by atoms with van der Waals surface area (Å²) in [6.45, 7) is 0. The summed E-state index contributed by atoms with van der Waals surface area (Å²) in [6.07, 6.45) is 0. The Kier molecular flexibility index (Phi) is 4.13. The Hall–Kier alpha value is -1.54. The molecule has 0 radical (unpaired) electrons. The van der Waals surface area contributed by atoms with Crippen LogP contribution < -0.4 is 0 Å². The van der Waals surface area contributed by atoms with E-state index >= 15 is 0 Å². The van der Waals surface area contributed by atoms with E-state index in [2.05, 4.69) is 0 Å². The fourth-order valence-electron chi connectivity index (χ4n) is 0.982. The predicted octanol–water partition coefficient (Wildman–Crippen LogP) is 2.02. The van der Waals surface area contributed by atoms with E-state index < -0.39 is 11.8 Å². The number of halogens is 1. The first-order chi connectivity index (χ1) is 7.13. The zero-order valence-electron chi connectivity index (χ0n) is 7.74. The van der Waals surface area contributed by atoms with Crippen LogP contribution in [0.15, 0.2) is 18.2 Å². The first-order valence-corrected chi connectivity index (χ1v) is 5.27. The largest absolute Gasteiger partial charge is 0.481 e. The highest BCUT2D eigenvalue weighted by Crippen LogP contribution is 2.16. The van der Waals surface area contributed by atoms with Crippen LogP contribution in [0, 0.1) is 17.1 Å². The first-order valence-electron chi connectivity index (χ1n) is 4.11. The molecule has 0 unspecified atom stereocenters. The molecule has 0 amide bonds. The quantitative estimate of drug-likeness (QED) is 0.851. The van der Waals surface area contributed by atoms with E-state index in [1.165, 1.54) is 12.1 Å². The van der Waals surface area contributed by atoms with Gasteiger partial charge in [0, 0.05) is 5.75 Å². The average molecular weight is 225 g/mol. The molecule has 0 saturated heterocycles. The highest BCUT2D eigenvalue weighted by Gasteiger charge is 2.04. The van der Waals surface area contributed by atoms with Crippen LogP contribution in [-0.4, -0.2) is 16.8 Å². The van der Waals surface area contributed by atoms with E-state index in [0.29, 0.717) is 11.3 Å². The lowest BCUT2D eigenvalue weighted by atomic mass is 10.1. The molecule has 0 spiro atoms. The number of carboxylic acid groups (broad SMARTS) is 1. The molecule has 0 aliphatic rings. The molecular weight excluding hydrogens is 217 g/mol. The van der Waals surface area contributed by atoms with Crippen molar-refractivity contribution in [2.45, 2.75) is 5.75 Å². The van der Waals surface area contributed by atoms with Gasteiger partial charge in [-0.25, -0.2) is 4.39 Å². The molecular formula is C10H8FNO2S. The molecule has 0 atom stereocenters. The highest BCUT2D eigenvalue weighted by molar-refractivity contribution is 7.99. The predicted molar refractivity (Wildman–Crippen MR) is 54.9 cm³/mol. The molecule has 0 aliphatic carbocycles. The number of nitrogens with zero attached hydrogens (tertiary/aromatic N) is 1. The maximum absolute atomic E-state index is 13.2. The molecule has 1 rings (SSSR count). The molecule has 0 saturated carbocycles. The summed E-state index contributed by atoms with van der Waals surface area (Å²) in [6, 6.07) is 5.99. The minimum absolute atomic E-state index is 0.0561.